The van der Waals surface area contributed by atoms with Crippen molar-refractivity contribution in [3.63, 3.8) is 0 Å². The van der Waals surface area contributed by atoms with Gasteiger partial charge in [-0.2, -0.15) is 4.39 Å². The van der Waals surface area contributed by atoms with E-state index in [1.165, 1.54) is 12.3 Å². The molecule has 238 valence electrons. The van der Waals surface area contributed by atoms with Crippen molar-refractivity contribution in [3.05, 3.63) is 52.6 Å². The number of fused-ring (bicyclic) bond motifs is 5. The zero-order valence-electron chi connectivity index (χ0n) is 25.8. The highest BCUT2D eigenvalue weighted by Crippen LogP contribution is 2.71. The van der Waals surface area contributed by atoms with Crippen LogP contribution in [0.3, 0.4) is 0 Å². The Labute approximate surface area is 263 Å². The van der Waals surface area contributed by atoms with Gasteiger partial charge in [-0.05, 0) is 93.9 Å². The number of aliphatic hydroxyl groups is 1. The minimum absolute atomic E-state index is 0.0284. The minimum atomic E-state index is -1.97. The average Bonchev–Trinajstić information content (AvgIpc) is 3.61. The third-order valence-corrected chi connectivity index (χ3v) is 12.3. The number of pyridine rings is 1. The number of aromatic nitrogens is 1. The van der Waals surface area contributed by atoms with Crippen LogP contribution < -0.4 is 0 Å². The monoisotopic (exact) mass is 628 g/mol. The SMILES string of the molecule is CC1=C(C=NC(C)c2ccc(F)nc2)CC2(C)C(=C1)CCC1C3CCC(OC(=O)C4CCCO4)(C(=O)S)C3(C)CC(O)C12F. The second-order valence-electron chi connectivity index (χ2n) is 14.0. The molecule has 0 aromatic carbocycles. The number of aliphatic hydroxyl groups excluding tert-OH is 1. The quantitative estimate of drug-likeness (QED) is 0.168. The Morgan fingerprint density at radius 2 is 2.02 bits per heavy atom. The van der Waals surface area contributed by atoms with Gasteiger partial charge >= 0.3 is 5.97 Å². The van der Waals surface area contributed by atoms with E-state index < -0.39 is 57.3 Å². The van der Waals surface area contributed by atoms with Crippen molar-refractivity contribution in [2.45, 2.75) is 109 Å². The molecule has 4 aliphatic carbocycles. The zero-order chi connectivity index (χ0) is 31.7. The first-order valence-electron chi connectivity index (χ1n) is 15.8. The molecule has 9 unspecified atom stereocenters. The molecule has 5 aliphatic rings. The highest BCUT2D eigenvalue weighted by Gasteiger charge is 2.75. The molecule has 44 heavy (non-hydrogen) atoms. The number of hydrogen-bond donors (Lipinski definition) is 2. The molecule has 3 saturated carbocycles. The number of aliphatic imine (C=N–C) groups is 1. The summed E-state index contributed by atoms with van der Waals surface area (Å²) in [7, 11) is 0. The minimum Gasteiger partial charge on any atom is -0.448 e. The largest absolute Gasteiger partial charge is 0.448 e. The molecule has 0 bridgehead atoms. The molecule has 1 aliphatic heterocycles. The topological polar surface area (TPSA) is 98.1 Å². The van der Waals surface area contributed by atoms with Gasteiger partial charge in [-0.1, -0.05) is 31.6 Å². The molecule has 0 spiro atoms. The van der Waals surface area contributed by atoms with Crippen LogP contribution in [0.4, 0.5) is 8.78 Å². The Bertz CT molecular complexity index is 1440. The van der Waals surface area contributed by atoms with Crippen LogP contribution in [0.2, 0.25) is 0 Å². The third kappa shape index (κ3) is 4.56. The van der Waals surface area contributed by atoms with Crippen LogP contribution in [0.25, 0.3) is 0 Å². The summed E-state index contributed by atoms with van der Waals surface area (Å²) in [5.74, 6) is -1.97. The summed E-state index contributed by atoms with van der Waals surface area (Å²) in [5.41, 5.74) is -1.88. The predicted molar refractivity (Wildman–Crippen MR) is 164 cm³/mol. The predicted octanol–water partition coefficient (Wildman–Crippen LogP) is 6.22. The summed E-state index contributed by atoms with van der Waals surface area (Å²) in [4.78, 5) is 34.9. The Balaban J connectivity index is 1.30. The Kier molecular flexibility index (Phi) is 7.98. The van der Waals surface area contributed by atoms with E-state index in [1.54, 1.807) is 12.3 Å². The number of halogens is 2. The number of alkyl halides is 1. The molecule has 1 saturated heterocycles. The molecular formula is C34H42F2N2O5S. The lowest BCUT2D eigenvalue weighted by atomic mass is 9.44. The van der Waals surface area contributed by atoms with Crippen LogP contribution in [0.5, 0.6) is 0 Å². The lowest BCUT2D eigenvalue weighted by molar-refractivity contribution is -0.230. The van der Waals surface area contributed by atoms with Crippen LogP contribution in [0.1, 0.15) is 90.7 Å². The molecule has 7 nitrogen and oxygen atoms in total. The first-order valence-corrected chi connectivity index (χ1v) is 16.2. The van der Waals surface area contributed by atoms with Gasteiger partial charge in [0.2, 0.25) is 11.1 Å². The van der Waals surface area contributed by atoms with Gasteiger partial charge in [0.15, 0.2) is 11.7 Å². The van der Waals surface area contributed by atoms with Crippen molar-refractivity contribution in [3.8, 4) is 0 Å². The molecule has 1 aromatic heterocycles. The summed E-state index contributed by atoms with van der Waals surface area (Å²) < 4.78 is 43.0. The van der Waals surface area contributed by atoms with E-state index in [4.69, 9.17) is 14.5 Å². The number of allylic oxidation sites excluding steroid dienone is 4. The maximum atomic E-state index is 18.1. The van der Waals surface area contributed by atoms with E-state index in [9.17, 15) is 19.1 Å². The number of hydrogen-bond acceptors (Lipinski definition) is 7. The lowest BCUT2D eigenvalue weighted by Crippen LogP contribution is -2.69. The smallest absolute Gasteiger partial charge is 0.336 e. The van der Waals surface area contributed by atoms with E-state index >= 15 is 4.39 Å². The normalized spacial score (nSPS) is 40.7. The Hall–Kier alpha value is -2.43. The first kappa shape index (κ1) is 31.5. The van der Waals surface area contributed by atoms with Gasteiger partial charge in [0.05, 0.1) is 12.1 Å². The van der Waals surface area contributed by atoms with Crippen LogP contribution in [0, 0.1) is 28.6 Å². The molecule has 0 radical (unpaired) electrons. The van der Waals surface area contributed by atoms with Gasteiger partial charge in [-0.15, -0.1) is 12.6 Å². The van der Waals surface area contributed by atoms with Crippen molar-refractivity contribution in [1.82, 2.24) is 4.98 Å². The highest BCUT2D eigenvalue weighted by atomic mass is 32.1. The molecule has 1 aromatic rings. The third-order valence-electron chi connectivity index (χ3n) is 11.9. The van der Waals surface area contributed by atoms with Crippen LogP contribution >= 0.6 is 12.6 Å². The van der Waals surface area contributed by atoms with Crippen molar-refractivity contribution < 1.29 is 33.0 Å². The van der Waals surface area contributed by atoms with E-state index in [0.717, 1.165) is 28.7 Å². The number of ether oxygens (including phenoxy) is 2. The van der Waals surface area contributed by atoms with Crippen molar-refractivity contribution >= 4 is 29.9 Å². The number of thiol groups is 1. The summed E-state index contributed by atoms with van der Waals surface area (Å²) in [6.45, 7) is 8.13. The van der Waals surface area contributed by atoms with Gasteiger partial charge in [0.1, 0.15) is 5.67 Å². The van der Waals surface area contributed by atoms with Crippen LogP contribution in [0.15, 0.2) is 46.1 Å². The van der Waals surface area contributed by atoms with Gasteiger partial charge in [0, 0.05) is 35.8 Å². The highest BCUT2D eigenvalue weighted by molar-refractivity contribution is 7.96. The van der Waals surface area contributed by atoms with E-state index in [1.807, 2.05) is 33.8 Å². The second-order valence-corrected chi connectivity index (χ2v) is 14.4. The molecule has 6 rings (SSSR count). The summed E-state index contributed by atoms with van der Waals surface area (Å²) in [6.07, 6.45) is 6.70. The fourth-order valence-corrected chi connectivity index (χ4v) is 9.74. The molecule has 0 amide bonds. The molecule has 2 heterocycles. The standard InChI is InChI=1S/C34H42F2N2O5S/c1-19-14-23-8-9-25-24-11-12-33(30(41)44,43-29(40)26-6-5-13-42-26)32(24,4)16-27(39)34(25,36)31(23,3)15-22(19)18-37-20(2)21-7-10-28(35)38-17-21/h7,10,14,17-18,20,24-27,39H,5-6,8-9,11-13,15-16H2,1-4H3,(H,41,44). The summed E-state index contributed by atoms with van der Waals surface area (Å²) >= 11 is 4.23. The van der Waals surface area contributed by atoms with Crippen LogP contribution in [-0.4, -0.2) is 57.5 Å². The second kappa shape index (κ2) is 11.1. The zero-order valence-corrected chi connectivity index (χ0v) is 26.7. The van der Waals surface area contributed by atoms with Gasteiger partial charge in [-0.3, -0.25) is 9.79 Å². The van der Waals surface area contributed by atoms with Gasteiger partial charge in [-0.25, -0.2) is 14.2 Å². The van der Waals surface area contributed by atoms with Crippen molar-refractivity contribution in [2.75, 3.05) is 6.61 Å². The maximum absolute atomic E-state index is 18.1. The van der Waals surface area contributed by atoms with E-state index in [-0.39, 0.29) is 24.8 Å². The Morgan fingerprint density at radius 3 is 2.68 bits per heavy atom. The van der Waals surface area contributed by atoms with Crippen LogP contribution in [-0.2, 0) is 19.1 Å². The number of carbonyl (C=O) groups is 2. The number of nitrogens with zero attached hydrogens (tertiary/aromatic N) is 2. The number of esters is 1. The molecule has 1 N–H and O–H groups in total. The van der Waals surface area contributed by atoms with E-state index in [0.29, 0.717) is 38.7 Å². The maximum Gasteiger partial charge on any atom is 0.336 e. The first-order chi connectivity index (χ1) is 20.8. The molecule has 9 atom stereocenters. The molecule has 10 heteroatoms. The number of rotatable bonds is 6. The summed E-state index contributed by atoms with van der Waals surface area (Å²) in [5, 5.41) is 11.3. The lowest BCUT2D eigenvalue weighted by Gasteiger charge is -2.63. The van der Waals surface area contributed by atoms with Gasteiger partial charge < -0.3 is 14.6 Å². The molecular weight excluding hydrogens is 586 g/mol. The van der Waals surface area contributed by atoms with Gasteiger partial charge in [0.25, 0.3) is 0 Å². The average molecular weight is 629 g/mol. The number of carbonyl (C=O) groups excluding carboxylic acids is 2. The summed E-state index contributed by atoms with van der Waals surface area (Å²) in [6, 6.07) is 2.68. The van der Waals surface area contributed by atoms with Crippen molar-refractivity contribution in [1.29, 1.82) is 0 Å². The Morgan fingerprint density at radius 1 is 1.25 bits per heavy atom. The van der Waals surface area contributed by atoms with E-state index in [2.05, 4.69) is 17.6 Å². The molecule has 4 fully saturated rings. The van der Waals surface area contributed by atoms with Crippen molar-refractivity contribution in [2.24, 2.45) is 27.7 Å². The fraction of sp³-hybridized carbons (Fsp3) is 0.647. The fourth-order valence-electron chi connectivity index (χ4n) is 9.32.